The molecule has 1 saturated heterocycles. The summed E-state index contributed by atoms with van der Waals surface area (Å²) >= 11 is 1.70. The van der Waals surface area contributed by atoms with Gasteiger partial charge >= 0.3 is 0 Å². The number of hydrogen-bond acceptors (Lipinski definition) is 7. The molecule has 0 radical (unpaired) electrons. The molecule has 2 aliphatic heterocycles. The maximum Gasteiger partial charge on any atom is 0.262 e. The molecule has 3 aromatic rings. The molecule has 0 saturated carbocycles. The summed E-state index contributed by atoms with van der Waals surface area (Å²) in [5, 5.41) is 6.88. The van der Waals surface area contributed by atoms with Gasteiger partial charge in [-0.25, -0.2) is 9.97 Å². The molecule has 8 nitrogen and oxygen atoms in total. The molecule has 9 heteroatoms. The zero-order chi connectivity index (χ0) is 21.5. The second-order valence-electron chi connectivity index (χ2n) is 7.96. The van der Waals surface area contributed by atoms with Gasteiger partial charge in [-0.1, -0.05) is 0 Å². The number of carbonyl (C=O) groups excluding carboxylic acids is 2. The Morgan fingerprint density at radius 3 is 2.87 bits per heavy atom. The lowest BCUT2D eigenvalue weighted by molar-refractivity contribution is -0.120. The van der Waals surface area contributed by atoms with Crippen molar-refractivity contribution >= 4 is 50.6 Å². The van der Waals surface area contributed by atoms with Crippen molar-refractivity contribution in [2.75, 3.05) is 35.2 Å². The van der Waals surface area contributed by atoms with Crippen LogP contribution in [0, 0.1) is 19.8 Å². The van der Waals surface area contributed by atoms with Crippen LogP contribution in [-0.2, 0) is 9.59 Å². The Bertz CT molecular complexity index is 1180. The number of fused-ring (bicyclic) bond motifs is 2. The van der Waals surface area contributed by atoms with E-state index < -0.39 is 0 Å². The average Bonchev–Trinajstić information content (AvgIpc) is 3.07. The van der Waals surface area contributed by atoms with Crippen molar-refractivity contribution in [2.45, 2.75) is 26.7 Å². The number of hydrogen-bond donors (Lipinski definition) is 2. The molecule has 0 atom stereocenters. The molecule has 160 valence electrons. The molecule has 0 bridgehead atoms. The Balaban J connectivity index is 1.26. The number of nitrogens with zero attached hydrogens (tertiary/aromatic N) is 3. The number of nitrogens with one attached hydrogen (secondary N) is 2. The van der Waals surface area contributed by atoms with Crippen LogP contribution in [0.2, 0.25) is 0 Å². The lowest BCUT2D eigenvalue weighted by Gasteiger charge is -2.32. The predicted molar refractivity (Wildman–Crippen MR) is 121 cm³/mol. The highest BCUT2D eigenvalue weighted by Crippen LogP contribution is 2.36. The Hall–Kier alpha value is -3.20. The normalized spacial score (nSPS) is 16.6. The summed E-state index contributed by atoms with van der Waals surface area (Å²) in [5.41, 5.74) is 2.47. The highest BCUT2D eigenvalue weighted by Gasteiger charge is 2.28. The molecular weight excluding hydrogens is 414 g/mol. The number of aryl methyl sites for hydroxylation is 2. The number of piperidine rings is 1. The van der Waals surface area contributed by atoms with Crippen molar-refractivity contribution in [1.82, 2.24) is 9.97 Å². The van der Waals surface area contributed by atoms with Gasteiger partial charge in [-0.15, -0.1) is 11.3 Å². The Morgan fingerprint density at radius 1 is 1.26 bits per heavy atom. The van der Waals surface area contributed by atoms with Crippen molar-refractivity contribution in [3.8, 4) is 5.75 Å². The van der Waals surface area contributed by atoms with Crippen molar-refractivity contribution in [1.29, 1.82) is 0 Å². The van der Waals surface area contributed by atoms with E-state index in [4.69, 9.17) is 4.74 Å². The van der Waals surface area contributed by atoms with E-state index in [1.54, 1.807) is 35.9 Å². The quantitative estimate of drug-likeness (QED) is 0.651. The molecule has 0 aliphatic carbocycles. The van der Waals surface area contributed by atoms with Crippen LogP contribution < -0.4 is 20.3 Å². The maximum absolute atomic E-state index is 12.8. The lowest BCUT2D eigenvalue weighted by atomic mass is 9.95. The zero-order valence-corrected chi connectivity index (χ0v) is 18.2. The van der Waals surface area contributed by atoms with E-state index in [2.05, 4.69) is 39.3 Å². The molecule has 1 aromatic carbocycles. The number of amides is 2. The van der Waals surface area contributed by atoms with E-state index in [1.807, 2.05) is 0 Å². The minimum absolute atomic E-state index is 0.00181. The van der Waals surface area contributed by atoms with Gasteiger partial charge in [0, 0.05) is 29.6 Å². The van der Waals surface area contributed by atoms with Crippen LogP contribution in [0.1, 0.15) is 23.3 Å². The van der Waals surface area contributed by atoms with E-state index in [0.29, 0.717) is 17.1 Å². The highest BCUT2D eigenvalue weighted by atomic mass is 32.1. The lowest BCUT2D eigenvalue weighted by Crippen LogP contribution is -2.38. The van der Waals surface area contributed by atoms with Crippen LogP contribution in [-0.4, -0.2) is 41.5 Å². The number of rotatable bonds is 3. The third kappa shape index (κ3) is 3.69. The molecule has 2 aromatic heterocycles. The molecule has 2 N–H and O–H groups in total. The number of carbonyl (C=O) groups is 2. The molecular formula is C22H23N5O3S. The van der Waals surface area contributed by atoms with Crippen molar-refractivity contribution in [2.24, 2.45) is 5.92 Å². The third-order valence-electron chi connectivity index (χ3n) is 5.99. The number of aromatic nitrogens is 2. The van der Waals surface area contributed by atoms with Gasteiger partial charge in [-0.3, -0.25) is 9.59 Å². The summed E-state index contributed by atoms with van der Waals surface area (Å²) in [4.78, 5) is 37.9. The SMILES string of the molecule is Cc1sc2ncnc(N3CCC(C(=O)Nc4ccc5c(c4)NC(=O)CO5)CC3)c2c1C. The van der Waals surface area contributed by atoms with Gasteiger partial charge < -0.3 is 20.3 Å². The smallest absolute Gasteiger partial charge is 0.262 e. The Kier molecular flexibility index (Phi) is 4.97. The first-order valence-corrected chi connectivity index (χ1v) is 11.1. The van der Waals surface area contributed by atoms with Crippen molar-refractivity contribution in [3.05, 3.63) is 35.0 Å². The van der Waals surface area contributed by atoms with E-state index in [-0.39, 0.29) is 24.3 Å². The number of ether oxygens (including phenoxy) is 1. The largest absolute Gasteiger partial charge is 0.482 e. The molecule has 0 spiro atoms. The van der Waals surface area contributed by atoms with Crippen LogP contribution in [0.3, 0.4) is 0 Å². The Labute approximate surface area is 183 Å². The fourth-order valence-corrected chi connectivity index (χ4v) is 5.15. The maximum atomic E-state index is 12.8. The third-order valence-corrected chi connectivity index (χ3v) is 7.11. The molecule has 2 amide bonds. The molecule has 1 fully saturated rings. The van der Waals surface area contributed by atoms with E-state index in [0.717, 1.165) is 42.0 Å². The zero-order valence-electron chi connectivity index (χ0n) is 17.4. The van der Waals surface area contributed by atoms with Crippen molar-refractivity contribution in [3.63, 3.8) is 0 Å². The average molecular weight is 438 g/mol. The summed E-state index contributed by atoms with van der Waals surface area (Å²) < 4.78 is 5.37. The summed E-state index contributed by atoms with van der Waals surface area (Å²) in [7, 11) is 0. The second kappa shape index (κ2) is 7.81. The molecule has 0 unspecified atom stereocenters. The van der Waals surface area contributed by atoms with Crippen LogP contribution >= 0.6 is 11.3 Å². The first-order valence-electron chi connectivity index (χ1n) is 10.3. The van der Waals surface area contributed by atoms with Gasteiger partial charge in [0.15, 0.2) is 6.61 Å². The van der Waals surface area contributed by atoms with Gasteiger partial charge in [-0.05, 0) is 50.5 Å². The van der Waals surface area contributed by atoms with Crippen molar-refractivity contribution < 1.29 is 14.3 Å². The fraction of sp³-hybridized carbons (Fsp3) is 0.364. The summed E-state index contributed by atoms with van der Waals surface area (Å²) in [6.07, 6.45) is 3.14. The van der Waals surface area contributed by atoms with Gasteiger partial charge in [0.2, 0.25) is 5.91 Å². The van der Waals surface area contributed by atoms with Crippen LogP contribution in [0.4, 0.5) is 17.2 Å². The van der Waals surface area contributed by atoms with E-state index in [1.165, 1.54) is 10.4 Å². The van der Waals surface area contributed by atoms with Crippen LogP contribution in [0.5, 0.6) is 5.75 Å². The topological polar surface area (TPSA) is 96.5 Å². The molecule has 5 rings (SSSR count). The van der Waals surface area contributed by atoms with Crippen LogP contribution in [0.15, 0.2) is 24.5 Å². The van der Waals surface area contributed by atoms with Gasteiger partial charge in [0.05, 0.1) is 11.1 Å². The van der Waals surface area contributed by atoms with Crippen LogP contribution in [0.25, 0.3) is 10.2 Å². The number of benzene rings is 1. The number of anilines is 3. The monoisotopic (exact) mass is 437 g/mol. The first-order chi connectivity index (χ1) is 15.0. The second-order valence-corrected chi connectivity index (χ2v) is 9.16. The summed E-state index contributed by atoms with van der Waals surface area (Å²) in [5.74, 6) is 1.31. The molecule has 31 heavy (non-hydrogen) atoms. The van der Waals surface area contributed by atoms with E-state index >= 15 is 0 Å². The summed E-state index contributed by atoms with van der Waals surface area (Å²) in [6.45, 7) is 5.78. The molecule has 4 heterocycles. The first kappa shape index (κ1) is 19.7. The molecule has 2 aliphatic rings. The number of thiophene rings is 1. The fourth-order valence-electron chi connectivity index (χ4n) is 4.16. The van der Waals surface area contributed by atoms with Gasteiger partial charge in [0.1, 0.15) is 22.7 Å². The van der Waals surface area contributed by atoms with Gasteiger partial charge in [0.25, 0.3) is 5.91 Å². The van der Waals surface area contributed by atoms with Gasteiger partial charge in [-0.2, -0.15) is 0 Å². The van der Waals surface area contributed by atoms with E-state index in [9.17, 15) is 9.59 Å². The summed E-state index contributed by atoms with van der Waals surface area (Å²) in [6, 6.07) is 5.29. The predicted octanol–water partition coefficient (Wildman–Crippen LogP) is 3.49. The Morgan fingerprint density at radius 2 is 2.06 bits per heavy atom. The minimum Gasteiger partial charge on any atom is -0.482 e. The minimum atomic E-state index is -0.196. The highest BCUT2D eigenvalue weighted by molar-refractivity contribution is 7.18. The standard InChI is InChI=1S/C22H23N5O3S/c1-12-13(2)31-22-19(12)20(23-11-24-22)27-7-5-14(6-8-27)21(29)25-15-3-4-17-16(9-15)26-18(28)10-30-17/h3-4,9,11,14H,5-8,10H2,1-2H3,(H,25,29)(H,26,28).